The molecule has 0 aliphatic heterocycles. The van der Waals surface area contributed by atoms with Gasteiger partial charge in [-0.2, -0.15) is 0 Å². The monoisotopic (exact) mass is 286 g/mol. The van der Waals surface area contributed by atoms with Gasteiger partial charge in [0.25, 0.3) is 0 Å². The Hall–Kier alpha value is -2.07. The highest BCUT2D eigenvalue weighted by atomic mass is 16.5. The van der Waals surface area contributed by atoms with Crippen LogP contribution in [0.5, 0.6) is 17.4 Å². The number of pyridine rings is 1. The Morgan fingerprint density at radius 3 is 2.52 bits per heavy atom. The molecule has 0 radical (unpaired) electrons. The van der Waals surface area contributed by atoms with Gasteiger partial charge in [-0.3, -0.25) is 0 Å². The van der Waals surface area contributed by atoms with Gasteiger partial charge < -0.3 is 14.8 Å². The molecule has 1 aromatic heterocycles. The highest BCUT2D eigenvalue weighted by molar-refractivity contribution is 5.44. The third kappa shape index (κ3) is 3.73. The predicted octanol–water partition coefficient (Wildman–Crippen LogP) is 3.61. The van der Waals surface area contributed by atoms with Gasteiger partial charge in [0.05, 0.1) is 6.61 Å². The smallest absolute Gasteiger partial charge is 0.224 e. The third-order valence-electron chi connectivity index (χ3n) is 3.15. The molecule has 1 heterocycles. The van der Waals surface area contributed by atoms with Crippen LogP contribution in [0.2, 0.25) is 0 Å². The average Bonchev–Trinajstić information content (AvgIpc) is 2.45. The lowest BCUT2D eigenvalue weighted by Gasteiger charge is -2.15. The fraction of sp³-hybridized carbons (Fsp3) is 0.353. The highest BCUT2D eigenvalue weighted by Crippen LogP contribution is 2.33. The van der Waals surface area contributed by atoms with E-state index in [0.717, 1.165) is 17.0 Å². The molecule has 1 N–H and O–H groups in total. The molecule has 21 heavy (non-hydrogen) atoms. The average molecular weight is 286 g/mol. The van der Waals surface area contributed by atoms with Crippen LogP contribution in [0, 0.1) is 13.8 Å². The zero-order chi connectivity index (χ0) is 15.2. The van der Waals surface area contributed by atoms with E-state index in [1.807, 2.05) is 45.2 Å². The summed E-state index contributed by atoms with van der Waals surface area (Å²) in [4.78, 5) is 4.53. The number of nitrogens with zero attached hydrogens (tertiary/aromatic N) is 1. The molecule has 0 bridgehead atoms. The maximum Gasteiger partial charge on any atom is 0.224 e. The number of ether oxygens (including phenoxy) is 2. The molecule has 2 aromatic rings. The van der Waals surface area contributed by atoms with E-state index in [0.29, 0.717) is 24.8 Å². The molecule has 112 valence electrons. The van der Waals surface area contributed by atoms with Crippen LogP contribution < -0.4 is 14.8 Å². The first-order valence-corrected chi connectivity index (χ1v) is 7.17. The van der Waals surface area contributed by atoms with Crippen molar-refractivity contribution in [2.75, 3.05) is 13.7 Å². The van der Waals surface area contributed by atoms with Crippen molar-refractivity contribution in [3.05, 3.63) is 47.2 Å². The molecule has 0 saturated heterocycles. The second-order valence-corrected chi connectivity index (χ2v) is 4.88. The van der Waals surface area contributed by atoms with Crippen LogP contribution in [0.25, 0.3) is 0 Å². The minimum atomic E-state index is 0.601. The first-order chi connectivity index (χ1) is 10.2. The highest BCUT2D eigenvalue weighted by Gasteiger charge is 2.13. The lowest BCUT2D eigenvalue weighted by atomic mass is 10.1. The van der Waals surface area contributed by atoms with Crippen molar-refractivity contribution in [1.29, 1.82) is 0 Å². The number of hydrogen-bond donors (Lipinski definition) is 1. The molecule has 0 spiro atoms. The van der Waals surface area contributed by atoms with Gasteiger partial charge >= 0.3 is 0 Å². The second kappa shape index (κ2) is 7.09. The Morgan fingerprint density at radius 1 is 1.14 bits per heavy atom. The van der Waals surface area contributed by atoms with E-state index in [9.17, 15) is 0 Å². The number of nitrogens with one attached hydrogen (secondary N) is 1. The standard InChI is InChI=1S/C17H22N2O2/c1-5-20-15-8-6-7-9-16(15)21-17-14(11-18-4)12(2)10-13(3)19-17/h6-10,18H,5,11H2,1-4H3. The van der Waals surface area contributed by atoms with Crippen molar-refractivity contribution in [2.45, 2.75) is 27.3 Å². The molecule has 1 aromatic carbocycles. The van der Waals surface area contributed by atoms with Gasteiger partial charge in [-0.05, 0) is 51.6 Å². The molecular formula is C17H22N2O2. The summed E-state index contributed by atoms with van der Waals surface area (Å²) >= 11 is 0. The molecule has 0 fully saturated rings. The topological polar surface area (TPSA) is 43.4 Å². The lowest BCUT2D eigenvalue weighted by Crippen LogP contribution is -2.10. The van der Waals surface area contributed by atoms with Gasteiger partial charge in [-0.1, -0.05) is 12.1 Å². The second-order valence-electron chi connectivity index (χ2n) is 4.88. The first kappa shape index (κ1) is 15.3. The van der Waals surface area contributed by atoms with Gasteiger partial charge in [0.2, 0.25) is 5.88 Å². The zero-order valence-corrected chi connectivity index (χ0v) is 13.1. The number of para-hydroxylation sites is 2. The normalized spacial score (nSPS) is 10.5. The minimum Gasteiger partial charge on any atom is -0.490 e. The number of hydrogen-bond acceptors (Lipinski definition) is 4. The molecule has 4 heteroatoms. The van der Waals surface area contributed by atoms with E-state index >= 15 is 0 Å². The summed E-state index contributed by atoms with van der Waals surface area (Å²) in [5, 5.41) is 3.16. The number of aromatic nitrogens is 1. The van der Waals surface area contributed by atoms with Crippen molar-refractivity contribution in [1.82, 2.24) is 10.3 Å². The van der Waals surface area contributed by atoms with Gasteiger partial charge in [0.15, 0.2) is 11.5 Å². The summed E-state index contributed by atoms with van der Waals surface area (Å²) in [5.41, 5.74) is 3.17. The van der Waals surface area contributed by atoms with Crippen LogP contribution in [0.1, 0.15) is 23.7 Å². The van der Waals surface area contributed by atoms with Crippen LogP contribution in [0.4, 0.5) is 0 Å². The number of aryl methyl sites for hydroxylation is 2. The third-order valence-corrected chi connectivity index (χ3v) is 3.15. The van der Waals surface area contributed by atoms with Crippen molar-refractivity contribution >= 4 is 0 Å². The van der Waals surface area contributed by atoms with Crippen molar-refractivity contribution < 1.29 is 9.47 Å². The maximum atomic E-state index is 6.03. The van der Waals surface area contributed by atoms with Crippen LogP contribution in [-0.4, -0.2) is 18.6 Å². The van der Waals surface area contributed by atoms with E-state index < -0.39 is 0 Å². The fourth-order valence-electron chi connectivity index (χ4n) is 2.22. The molecule has 4 nitrogen and oxygen atoms in total. The van der Waals surface area contributed by atoms with Crippen LogP contribution in [0.3, 0.4) is 0 Å². The van der Waals surface area contributed by atoms with E-state index in [-0.39, 0.29) is 0 Å². The Balaban J connectivity index is 2.39. The van der Waals surface area contributed by atoms with E-state index in [1.54, 1.807) is 0 Å². The summed E-state index contributed by atoms with van der Waals surface area (Å²) < 4.78 is 11.6. The molecule has 2 rings (SSSR count). The maximum absolute atomic E-state index is 6.03. The Labute approximate surface area is 126 Å². The Bertz CT molecular complexity index is 612. The summed E-state index contributed by atoms with van der Waals surface area (Å²) in [6, 6.07) is 9.72. The molecule has 0 aliphatic rings. The molecular weight excluding hydrogens is 264 g/mol. The summed E-state index contributed by atoms with van der Waals surface area (Å²) in [6.45, 7) is 7.31. The summed E-state index contributed by atoms with van der Waals surface area (Å²) in [6.07, 6.45) is 0. The zero-order valence-electron chi connectivity index (χ0n) is 13.1. The van der Waals surface area contributed by atoms with Crippen molar-refractivity contribution in [3.8, 4) is 17.4 Å². The largest absolute Gasteiger partial charge is 0.490 e. The SMILES string of the molecule is CCOc1ccccc1Oc1nc(C)cc(C)c1CNC. The minimum absolute atomic E-state index is 0.601. The quantitative estimate of drug-likeness (QED) is 0.881. The van der Waals surface area contributed by atoms with Gasteiger partial charge in [0.1, 0.15) is 0 Å². The summed E-state index contributed by atoms with van der Waals surface area (Å²) in [5.74, 6) is 2.06. The van der Waals surface area contributed by atoms with Crippen LogP contribution in [-0.2, 0) is 6.54 Å². The predicted molar refractivity (Wildman–Crippen MR) is 84.2 cm³/mol. The van der Waals surface area contributed by atoms with Gasteiger partial charge in [0, 0.05) is 17.8 Å². The molecule has 0 aliphatic carbocycles. The number of rotatable bonds is 6. The molecule has 0 atom stereocenters. The number of benzene rings is 1. The molecule has 0 saturated carbocycles. The summed E-state index contributed by atoms with van der Waals surface area (Å²) in [7, 11) is 1.91. The van der Waals surface area contributed by atoms with E-state index in [4.69, 9.17) is 9.47 Å². The van der Waals surface area contributed by atoms with E-state index in [2.05, 4.69) is 23.3 Å². The first-order valence-electron chi connectivity index (χ1n) is 7.17. The Kier molecular flexibility index (Phi) is 5.17. The van der Waals surface area contributed by atoms with Crippen LogP contribution >= 0.6 is 0 Å². The van der Waals surface area contributed by atoms with Gasteiger partial charge in [-0.15, -0.1) is 0 Å². The Morgan fingerprint density at radius 2 is 1.86 bits per heavy atom. The van der Waals surface area contributed by atoms with Gasteiger partial charge in [-0.25, -0.2) is 4.98 Å². The molecule has 0 unspecified atom stereocenters. The molecule has 0 amide bonds. The van der Waals surface area contributed by atoms with Crippen LogP contribution in [0.15, 0.2) is 30.3 Å². The lowest BCUT2D eigenvalue weighted by molar-refractivity contribution is 0.318. The fourth-order valence-corrected chi connectivity index (χ4v) is 2.22. The van der Waals surface area contributed by atoms with Crippen molar-refractivity contribution in [3.63, 3.8) is 0 Å². The van der Waals surface area contributed by atoms with E-state index in [1.165, 1.54) is 5.56 Å². The van der Waals surface area contributed by atoms with Crippen molar-refractivity contribution in [2.24, 2.45) is 0 Å².